The first-order valence-corrected chi connectivity index (χ1v) is 8.97. The van der Waals surface area contributed by atoms with E-state index in [1.54, 1.807) is 6.07 Å². The maximum absolute atomic E-state index is 9.87. The maximum Gasteiger partial charge on any atom is 0.143 e. The smallest absolute Gasteiger partial charge is 0.143 e. The third-order valence-corrected chi connectivity index (χ3v) is 5.11. The van der Waals surface area contributed by atoms with E-state index >= 15 is 0 Å². The first-order chi connectivity index (χ1) is 11.7. The molecule has 1 heterocycles. The molecule has 3 heteroatoms. The SMILES string of the molecule is CCC1(CC)CN(CCCc2ccccc2)c2cc(O)ccc2O1. The number of hydrogen-bond donors (Lipinski definition) is 1. The number of fused-ring (bicyclic) bond motifs is 1. The Morgan fingerprint density at radius 1 is 1.08 bits per heavy atom. The number of aromatic hydroxyl groups is 1. The summed E-state index contributed by atoms with van der Waals surface area (Å²) in [5.41, 5.74) is 2.26. The number of phenolic OH excluding ortho intramolecular Hbond substituents is 1. The molecule has 2 aromatic carbocycles. The molecule has 2 aromatic rings. The van der Waals surface area contributed by atoms with E-state index in [0.717, 1.165) is 50.2 Å². The summed E-state index contributed by atoms with van der Waals surface area (Å²) in [5, 5.41) is 9.87. The second kappa shape index (κ2) is 7.16. The van der Waals surface area contributed by atoms with E-state index in [-0.39, 0.29) is 5.60 Å². The quantitative estimate of drug-likeness (QED) is 0.829. The summed E-state index contributed by atoms with van der Waals surface area (Å²) < 4.78 is 6.31. The van der Waals surface area contributed by atoms with Gasteiger partial charge in [0.15, 0.2) is 0 Å². The van der Waals surface area contributed by atoms with Crippen molar-refractivity contribution >= 4 is 5.69 Å². The molecule has 0 fully saturated rings. The van der Waals surface area contributed by atoms with E-state index in [0.29, 0.717) is 5.75 Å². The van der Waals surface area contributed by atoms with E-state index in [1.807, 2.05) is 12.1 Å². The molecule has 0 aromatic heterocycles. The van der Waals surface area contributed by atoms with E-state index in [1.165, 1.54) is 5.56 Å². The van der Waals surface area contributed by atoms with E-state index in [2.05, 4.69) is 49.1 Å². The van der Waals surface area contributed by atoms with Crippen LogP contribution in [0.5, 0.6) is 11.5 Å². The number of benzene rings is 2. The summed E-state index contributed by atoms with van der Waals surface area (Å²) in [5.74, 6) is 1.19. The van der Waals surface area contributed by atoms with Crippen molar-refractivity contribution in [2.75, 3.05) is 18.0 Å². The minimum absolute atomic E-state index is 0.128. The van der Waals surface area contributed by atoms with Crippen molar-refractivity contribution < 1.29 is 9.84 Å². The largest absolute Gasteiger partial charge is 0.508 e. The molecule has 1 aliphatic heterocycles. The number of ether oxygens (including phenoxy) is 1. The van der Waals surface area contributed by atoms with Crippen LogP contribution in [0.2, 0.25) is 0 Å². The van der Waals surface area contributed by atoms with Crippen LogP contribution in [-0.2, 0) is 6.42 Å². The number of hydrogen-bond acceptors (Lipinski definition) is 3. The molecule has 3 rings (SSSR count). The third kappa shape index (κ3) is 3.50. The Morgan fingerprint density at radius 2 is 1.83 bits per heavy atom. The highest BCUT2D eigenvalue weighted by molar-refractivity contribution is 5.63. The Morgan fingerprint density at radius 3 is 2.54 bits per heavy atom. The van der Waals surface area contributed by atoms with Gasteiger partial charge in [0.1, 0.15) is 17.1 Å². The predicted molar refractivity (Wildman–Crippen MR) is 99.0 cm³/mol. The molecular weight excluding hydrogens is 298 g/mol. The highest BCUT2D eigenvalue weighted by atomic mass is 16.5. The fraction of sp³-hybridized carbons (Fsp3) is 0.429. The molecule has 0 unspecified atom stereocenters. The first-order valence-electron chi connectivity index (χ1n) is 8.97. The molecule has 0 saturated heterocycles. The summed E-state index contributed by atoms with van der Waals surface area (Å²) in [7, 11) is 0. The van der Waals surface area contributed by atoms with Gasteiger partial charge in [-0.3, -0.25) is 0 Å². The summed E-state index contributed by atoms with van der Waals surface area (Å²) in [6, 6.07) is 16.0. The lowest BCUT2D eigenvalue weighted by atomic mass is 9.93. The molecule has 3 nitrogen and oxygen atoms in total. The fourth-order valence-corrected chi connectivity index (χ4v) is 3.47. The zero-order chi connectivity index (χ0) is 17.0. The van der Waals surface area contributed by atoms with Crippen LogP contribution < -0.4 is 9.64 Å². The molecule has 0 spiro atoms. The second-order valence-electron chi connectivity index (χ2n) is 6.65. The number of phenols is 1. The molecule has 0 aliphatic carbocycles. The summed E-state index contributed by atoms with van der Waals surface area (Å²) in [6.07, 6.45) is 4.12. The molecular formula is C21H27NO2. The summed E-state index contributed by atoms with van der Waals surface area (Å²) >= 11 is 0. The number of rotatable bonds is 6. The lowest BCUT2D eigenvalue weighted by Crippen LogP contribution is -2.50. The Kier molecular flexibility index (Phi) is 4.98. The van der Waals surface area contributed by atoms with Crippen LogP contribution in [0.25, 0.3) is 0 Å². The van der Waals surface area contributed by atoms with E-state index < -0.39 is 0 Å². The van der Waals surface area contributed by atoms with Gasteiger partial charge in [-0.15, -0.1) is 0 Å². The van der Waals surface area contributed by atoms with Crippen LogP contribution in [0.15, 0.2) is 48.5 Å². The van der Waals surface area contributed by atoms with Gasteiger partial charge in [0, 0.05) is 12.6 Å². The summed E-state index contributed by atoms with van der Waals surface area (Å²) in [4.78, 5) is 2.38. The Bertz CT molecular complexity index is 665. The molecule has 0 radical (unpaired) electrons. The first kappa shape index (κ1) is 16.7. The Balaban J connectivity index is 1.76. The van der Waals surface area contributed by atoms with E-state index in [9.17, 15) is 5.11 Å². The van der Waals surface area contributed by atoms with Gasteiger partial charge in [0.25, 0.3) is 0 Å². The van der Waals surface area contributed by atoms with Gasteiger partial charge in [-0.2, -0.15) is 0 Å². The predicted octanol–water partition coefficient (Wildman–Crippen LogP) is 4.78. The zero-order valence-corrected chi connectivity index (χ0v) is 14.7. The van der Waals surface area contributed by atoms with Crippen LogP contribution in [0.1, 0.15) is 38.7 Å². The lowest BCUT2D eigenvalue weighted by Gasteiger charge is -2.44. The van der Waals surface area contributed by atoms with Crippen LogP contribution >= 0.6 is 0 Å². The van der Waals surface area contributed by atoms with Crippen molar-refractivity contribution in [3.8, 4) is 11.5 Å². The van der Waals surface area contributed by atoms with Crippen molar-refractivity contribution in [3.05, 3.63) is 54.1 Å². The minimum atomic E-state index is -0.128. The van der Waals surface area contributed by atoms with Gasteiger partial charge in [0.2, 0.25) is 0 Å². The zero-order valence-electron chi connectivity index (χ0n) is 14.7. The van der Waals surface area contributed by atoms with Gasteiger partial charge in [-0.05, 0) is 43.4 Å². The van der Waals surface area contributed by atoms with Gasteiger partial charge < -0.3 is 14.7 Å². The molecule has 1 N–H and O–H groups in total. The number of nitrogens with zero attached hydrogens (tertiary/aromatic N) is 1. The average Bonchev–Trinajstić information content (AvgIpc) is 2.62. The monoisotopic (exact) mass is 325 g/mol. The molecule has 0 saturated carbocycles. The minimum Gasteiger partial charge on any atom is -0.508 e. The lowest BCUT2D eigenvalue weighted by molar-refractivity contribution is 0.0573. The fourth-order valence-electron chi connectivity index (χ4n) is 3.47. The van der Waals surface area contributed by atoms with E-state index in [4.69, 9.17) is 4.74 Å². The molecule has 0 amide bonds. The van der Waals surface area contributed by atoms with Crippen molar-refractivity contribution in [1.82, 2.24) is 0 Å². The van der Waals surface area contributed by atoms with Crippen molar-refractivity contribution in [2.45, 2.75) is 45.1 Å². The highest BCUT2D eigenvalue weighted by Gasteiger charge is 2.36. The van der Waals surface area contributed by atoms with Crippen molar-refractivity contribution in [1.29, 1.82) is 0 Å². The van der Waals surface area contributed by atoms with Crippen LogP contribution in [0.3, 0.4) is 0 Å². The topological polar surface area (TPSA) is 32.7 Å². The molecule has 1 aliphatic rings. The van der Waals surface area contributed by atoms with Gasteiger partial charge in [-0.25, -0.2) is 0 Å². The van der Waals surface area contributed by atoms with Gasteiger partial charge >= 0.3 is 0 Å². The standard InChI is InChI=1S/C21H27NO2/c1-3-21(4-2)16-22(14-8-11-17-9-6-5-7-10-17)19-15-18(23)12-13-20(19)24-21/h5-7,9-10,12-13,15,23H,3-4,8,11,14,16H2,1-2H3. The van der Waals surface area contributed by atoms with Crippen LogP contribution in [0.4, 0.5) is 5.69 Å². The Labute approximate surface area is 144 Å². The van der Waals surface area contributed by atoms with Crippen LogP contribution in [-0.4, -0.2) is 23.8 Å². The number of anilines is 1. The third-order valence-electron chi connectivity index (χ3n) is 5.11. The van der Waals surface area contributed by atoms with Gasteiger partial charge in [0.05, 0.1) is 12.2 Å². The van der Waals surface area contributed by atoms with Crippen LogP contribution in [0, 0.1) is 0 Å². The highest BCUT2D eigenvalue weighted by Crippen LogP contribution is 2.41. The molecule has 128 valence electrons. The van der Waals surface area contributed by atoms with Crippen molar-refractivity contribution in [2.24, 2.45) is 0 Å². The summed E-state index contributed by atoms with van der Waals surface area (Å²) in [6.45, 7) is 6.23. The molecule has 24 heavy (non-hydrogen) atoms. The Hall–Kier alpha value is -2.16. The second-order valence-corrected chi connectivity index (χ2v) is 6.65. The number of aryl methyl sites for hydroxylation is 1. The molecule has 0 bridgehead atoms. The van der Waals surface area contributed by atoms with Gasteiger partial charge in [-0.1, -0.05) is 44.2 Å². The maximum atomic E-state index is 9.87. The average molecular weight is 325 g/mol. The van der Waals surface area contributed by atoms with Crippen molar-refractivity contribution in [3.63, 3.8) is 0 Å². The molecule has 0 atom stereocenters. The normalized spacial score (nSPS) is 15.7.